The molecule has 1 aromatic carbocycles. The van der Waals surface area contributed by atoms with Gasteiger partial charge < -0.3 is 15.8 Å². The zero-order valence-corrected chi connectivity index (χ0v) is 15.6. The molecule has 1 heterocycles. The normalized spacial score (nSPS) is 17.5. The summed E-state index contributed by atoms with van der Waals surface area (Å²) in [6, 6.07) is 9.60. The summed E-state index contributed by atoms with van der Waals surface area (Å²) in [7, 11) is -1.17. The molecule has 1 aromatic rings. The largest absolute Gasteiger partial charge is 0.451 e. The summed E-state index contributed by atoms with van der Waals surface area (Å²) in [5, 5.41) is 17.7. The van der Waals surface area contributed by atoms with Crippen LogP contribution in [-0.4, -0.2) is 46.8 Å². The molecule has 0 spiro atoms. The highest BCUT2D eigenvalue weighted by Gasteiger charge is 2.24. The van der Waals surface area contributed by atoms with Gasteiger partial charge >= 0.3 is 13.3 Å². The SMILES string of the molecule is CCN1Cc2ccccc2CC1CCC(N)CCCCB(O)O.O=C=O. The quantitative estimate of drug-likeness (QED) is 0.455. The van der Waals surface area contributed by atoms with Crippen molar-refractivity contribution < 1.29 is 19.6 Å². The van der Waals surface area contributed by atoms with Crippen LogP contribution in [0.15, 0.2) is 24.3 Å². The minimum Gasteiger partial charge on any atom is -0.427 e. The topological polar surface area (TPSA) is 104 Å². The van der Waals surface area contributed by atoms with E-state index in [1.54, 1.807) is 0 Å². The van der Waals surface area contributed by atoms with Gasteiger partial charge in [0.05, 0.1) is 0 Å². The summed E-state index contributed by atoms with van der Waals surface area (Å²) in [6.07, 6.45) is 6.81. The Labute approximate surface area is 156 Å². The van der Waals surface area contributed by atoms with Gasteiger partial charge in [-0.2, -0.15) is 9.59 Å². The van der Waals surface area contributed by atoms with E-state index in [9.17, 15) is 0 Å². The Kier molecular flexibility index (Phi) is 11.1. The number of carbonyl (C=O) groups excluding carboxylic acids is 2. The standard InChI is InChI=1S/C18H31BN2O2.CO2/c1-2-21-14-16-8-4-3-7-15(16)13-18(21)11-10-17(20)9-5-6-12-19(22)23;2-1-3/h3-4,7-8,17-18,22-23H,2,5-6,9-14,20H2,1H3;. The maximum absolute atomic E-state index is 8.85. The third kappa shape index (κ3) is 8.26. The van der Waals surface area contributed by atoms with Crippen molar-refractivity contribution in [3.05, 3.63) is 35.4 Å². The lowest BCUT2D eigenvalue weighted by Gasteiger charge is -2.36. The Morgan fingerprint density at radius 2 is 1.88 bits per heavy atom. The zero-order valence-electron chi connectivity index (χ0n) is 15.6. The molecule has 26 heavy (non-hydrogen) atoms. The summed E-state index contributed by atoms with van der Waals surface area (Å²) >= 11 is 0. The highest BCUT2D eigenvalue weighted by Crippen LogP contribution is 2.26. The number of unbranched alkanes of at least 4 members (excludes halogenated alkanes) is 1. The van der Waals surface area contributed by atoms with Crippen molar-refractivity contribution in [1.82, 2.24) is 4.90 Å². The summed E-state index contributed by atoms with van der Waals surface area (Å²) in [6.45, 7) is 4.38. The number of likely N-dealkylation sites (N-methyl/N-ethyl adjacent to an activating group) is 1. The van der Waals surface area contributed by atoms with Crippen LogP contribution in [0.4, 0.5) is 0 Å². The van der Waals surface area contributed by atoms with Gasteiger partial charge in [0, 0.05) is 18.6 Å². The molecule has 1 aliphatic heterocycles. The van der Waals surface area contributed by atoms with Crippen molar-refractivity contribution in [2.24, 2.45) is 5.73 Å². The molecule has 0 amide bonds. The van der Waals surface area contributed by atoms with Crippen LogP contribution in [-0.2, 0) is 22.6 Å². The average Bonchev–Trinajstić information content (AvgIpc) is 2.63. The van der Waals surface area contributed by atoms with Crippen LogP contribution in [0.25, 0.3) is 0 Å². The smallest absolute Gasteiger partial charge is 0.427 e. The van der Waals surface area contributed by atoms with Crippen molar-refractivity contribution in [3.63, 3.8) is 0 Å². The van der Waals surface area contributed by atoms with E-state index in [4.69, 9.17) is 25.4 Å². The lowest BCUT2D eigenvalue weighted by atomic mass is 9.83. The van der Waals surface area contributed by atoms with Gasteiger partial charge in [0.15, 0.2) is 0 Å². The Bertz CT molecular complexity index is 550. The number of hydrogen-bond donors (Lipinski definition) is 3. The molecule has 0 bridgehead atoms. The lowest BCUT2D eigenvalue weighted by molar-refractivity contribution is -0.191. The van der Waals surface area contributed by atoms with Crippen LogP contribution in [0.3, 0.4) is 0 Å². The Morgan fingerprint density at radius 1 is 1.23 bits per heavy atom. The summed E-state index contributed by atoms with van der Waals surface area (Å²) in [5.41, 5.74) is 9.21. The van der Waals surface area contributed by atoms with Gasteiger partial charge in [-0.1, -0.05) is 44.0 Å². The van der Waals surface area contributed by atoms with Gasteiger partial charge in [-0.15, -0.1) is 0 Å². The predicted molar refractivity (Wildman–Crippen MR) is 101 cm³/mol. The maximum atomic E-state index is 8.85. The van der Waals surface area contributed by atoms with Crippen molar-refractivity contribution >= 4 is 13.3 Å². The summed E-state index contributed by atoms with van der Waals surface area (Å²) < 4.78 is 0. The molecule has 2 rings (SSSR count). The molecule has 2 unspecified atom stereocenters. The molecular weight excluding hydrogens is 331 g/mol. The fraction of sp³-hybridized carbons (Fsp3) is 0.632. The molecule has 0 saturated carbocycles. The first-order valence-corrected chi connectivity index (χ1v) is 9.43. The fourth-order valence-corrected chi connectivity index (χ4v) is 3.58. The highest BCUT2D eigenvalue weighted by molar-refractivity contribution is 6.40. The molecule has 0 radical (unpaired) electrons. The van der Waals surface area contributed by atoms with Crippen LogP contribution >= 0.6 is 0 Å². The Hall–Kier alpha value is -1.50. The fourth-order valence-electron chi connectivity index (χ4n) is 3.58. The Balaban J connectivity index is 0.00000105. The van der Waals surface area contributed by atoms with Crippen LogP contribution in [0.2, 0.25) is 6.32 Å². The van der Waals surface area contributed by atoms with Crippen LogP contribution in [0.1, 0.15) is 50.2 Å². The van der Waals surface area contributed by atoms with Crippen molar-refractivity contribution in [2.75, 3.05) is 6.54 Å². The average molecular weight is 362 g/mol. The number of rotatable bonds is 9. The number of hydrogen-bond acceptors (Lipinski definition) is 6. The van der Waals surface area contributed by atoms with Crippen LogP contribution < -0.4 is 5.73 Å². The molecule has 0 fully saturated rings. The number of fused-ring (bicyclic) bond motifs is 1. The second-order valence-corrected chi connectivity index (χ2v) is 6.88. The highest BCUT2D eigenvalue weighted by atomic mass is 16.4. The zero-order chi connectivity index (χ0) is 19.4. The van der Waals surface area contributed by atoms with Crippen molar-refractivity contribution in [1.29, 1.82) is 0 Å². The molecule has 4 N–H and O–H groups in total. The first-order chi connectivity index (χ1) is 12.5. The number of nitrogens with two attached hydrogens (primary N) is 1. The van der Waals surface area contributed by atoms with Gasteiger partial charge in [-0.05, 0) is 49.7 Å². The molecule has 7 heteroatoms. The van der Waals surface area contributed by atoms with Gasteiger partial charge in [-0.3, -0.25) is 4.90 Å². The van der Waals surface area contributed by atoms with Crippen LogP contribution in [0, 0.1) is 0 Å². The van der Waals surface area contributed by atoms with Gasteiger partial charge in [0.1, 0.15) is 0 Å². The second kappa shape index (κ2) is 12.8. The lowest BCUT2D eigenvalue weighted by Crippen LogP contribution is -2.41. The minimum atomic E-state index is -1.17. The van der Waals surface area contributed by atoms with E-state index in [1.807, 2.05) is 0 Å². The monoisotopic (exact) mass is 362 g/mol. The molecule has 144 valence electrons. The van der Waals surface area contributed by atoms with E-state index in [0.29, 0.717) is 12.4 Å². The molecular formula is C19H31BN2O4. The third-order valence-corrected chi connectivity index (χ3v) is 5.03. The van der Waals surface area contributed by atoms with Gasteiger partial charge in [-0.25, -0.2) is 0 Å². The predicted octanol–water partition coefficient (Wildman–Crippen LogP) is 1.60. The number of nitrogens with zero attached hydrogens (tertiary/aromatic N) is 1. The molecule has 6 nitrogen and oxygen atoms in total. The summed E-state index contributed by atoms with van der Waals surface area (Å²) in [5.74, 6) is 0. The maximum Gasteiger partial charge on any atom is 0.451 e. The number of benzene rings is 1. The van der Waals surface area contributed by atoms with E-state index in [1.165, 1.54) is 11.1 Å². The van der Waals surface area contributed by atoms with Crippen LogP contribution in [0.5, 0.6) is 0 Å². The third-order valence-electron chi connectivity index (χ3n) is 5.03. The molecule has 0 aromatic heterocycles. The van der Waals surface area contributed by atoms with E-state index in [-0.39, 0.29) is 12.2 Å². The van der Waals surface area contributed by atoms with Gasteiger partial charge in [0.25, 0.3) is 0 Å². The van der Waals surface area contributed by atoms with Crippen molar-refractivity contribution in [2.45, 2.75) is 70.4 Å². The minimum absolute atomic E-state index is 0.224. The molecule has 0 aliphatic carbocycles. The van der Waals surface area contributed by atoms with E-state index in [0.717, 1.165) is 51.6 Å². The molecule has 0 saturated heterocycles. The van der Waals surface area contributed by atoms with E-state index >= 15 is 0 Å². The van der Waals surface area contributed by atoms with E-state index in [2.05, 4.69) is 36.1 Å². The second-order valence-electron chi connectivity index (χ2n) is 6.88. The van der Waals surface area contributed by atoms with Gasteiger partial charge in [0.2, 0.25) is 0 Å². The molecule has 1 aliphatic rings. The first-order valence-electron chi connectivity index (χ1n) is 9.43. The molecule has 2 atom stereocenters. The van der Waals surface area contributed by atoms with Crippen molar-refractivity contribution in [3.8, 4) is 0 Å². The Morgan fingerprint density at radius 3 is 2.50 bits per heavy atom. The van der Waals surface area contributed by atoms with E-state index < -0.39 is 7.12 Å². The first kappa shape index (κ1) is 22.5. The summed E-state index contributed by atoms with van der Waals surface area (Å²) in [4.78, 5) is 18.8.